The summed E-state index contributed by atoms with van der Waals surface area (Å²) in [5.74, 6) is 1.00. The summed E-state index contributed by atoms with van der Waals surface area (Å²) in [7, 11) is 1.61. The summed E-state index contributed by atoms with van der Waals surface area (Å²) in [6, 6.07) is 16.7. The maximum atomic E-state index is 12.8. The average Bonchev–Trinajstić information content (AvgIpc) is 3.33. The Morgan fingerprint density at radius 2 is 1.85 bits per heavy atom. The predicted molar refractivity (Wildman–Crippen MR) is 124 cm³/mol. The van der Waals surface area contributed by atoms with Gasteiger partial charge in [0.2, 0.25) is 11.1 Å². The van der Waals surface area contributed by atoms with E-state index in [4.69, 9.17) is 16.3 Å². The number of methoxy groups -OCH3 is 1. The van der Waals surface area contributed by atoms with Gasteiger partial charge in [-0.3, -0.25) is 9.69 Å². The molecule has 0 saturated carbocycles. The van der Waals surface area contributed by atoms with Crippen molar-refractivity contribution in [3.8, 4) is 17.5 Å². The maximum Gasteiger partial charge on any atom is 0.233 e. The highest BCUT2D eigenvalue weighted by molar-refractivity contribution is 7.99. The molecule has 0 radical (unpaired) electrons. The van der Waals surface area contributed by atoms with Crippen LogP contribution in [0.1, 0.15) is 11.6 Å². The summed E-state index contributed by atoms with van der Waals surface area (Å²) in [5.41, 5.74) is 1.69. The number of thioether (sulfide) groups is 1. The van der Waals surface area contributed by atoms with Crippen molar-refractivity contribution in [2.75, 3.05) is 39.0 Å². The third-order valence-corrected chi connectivity index (χ3v) is 6.58. The quantitative estimate of drug-likeness (QED) is 0.473. The Labute approximate surface area is 200 Å². The first-order valence-electron chi connectivity index (χ1n) is 10.3. The van der Waals surface area contributed by atoms with E-state index in [1.165, 1.54) is 11.8 Å². The minimum atomic E-state index is -0.355. The van der Waals surface area contributed by atoms with Crippen LogP contribution in [0.4, 0.5) is 0 Å². The van der Waals surface area contributed by atoms with E-state index >= 15 is 0 Å². The number of tetrazole rings is 1. The van der Waals surface area contributed by atoms with Crippen LogP contribution in [0.15, 0.2) is 53.7 Å². The van der Waals surface area contributed by atoms with E-state index in [0.29, 0.717) is 36.4 Å². The van der Waals surface area contributed by atoms with Gasteiger partial charge in [-0.15, -0.1) is 5.10 Å². The number of amides is 1. The van der Waals surface area contributed by atoms with Gasteiger partial charge in [-0.05, 0) is 52.4 Å². The minimum Gasteiger partial charge on any atom is -0.497 e. The number of nitrogens with zero attached hydrogens (tertiary/aromatic N) is 7. The van der Waals surface area contributed by atoms with Crippen molar-refractivity contribution in [1.29, 1.82) is 5.26 Å². The molecule has 11 heteroatoms. The number of benzene rings is 2. The first-order valence-corrected chi connectivity index (χ1v) is 11.7. The van der Waals surface area contributed by atoms with Crippen LogP contribution < -0.4 is 4.74 Å². The zero-order chi connectivity index (χ0) is 23.2. The van der Waals surface area contributed by atoms with Gasteiger partial charge in [-0.25, -0.2) is 0 Å². The van der Waals surface area contributed by atoms with Crippen LogP contribution in [-0.4, -0.2) is 75.0 Å². The van der Waals surface area contributed by atoms with Gasteiger partial charge in [-0.1, -0.05) is 35.5 Å². The van der Waals surface area contributed by atoms with Crippen LogP contribution in [0.5, 0.6) is 5.75 Å². The van der Waals surface area contributed by atoms with Crippen molar-refractivity contribution in [2.24, 2.45) is 0 Å². The summed E-state index contributed by atoms with van der Waals surface area (Å²) in [6.07, 6.45) is 0. The molecule has 2 heterocycles. The molecule has 4 rings (SSSR count). The molecule has 1 aliphatic heterocycles. The number of aromatic nitrogens is 4. The van der Waals surface area contributed by atoms with Crippen molar-refractivity contribution >= 4 is 29.3 Å². The van der Waals surface area contributed by atoms with Crippen LogP contribution >= 0.6 is 23.4 Å². The molecule has 1 atom stereocenters. The number of carbonyl (C=O) groups is 1. The summed E-state index contributed by atoms with van der Waals surface area (Å²) in [5, 5.41) is 22.7. The molecule has 1 amide bonds. The molecular weight excluding hydrogens is 462 g/mol. The smallest absolute Gasteiger partial charge is 0.233 e. The zero-order valence-corrected chi connectivity index (χ0v) is 19.5. The molecule has 1 aliphatic rings. The van der Waals surface area contributed by atoms with Crippen LogP contribution in [0.25, 0.3) is 5.69 Å². The van der Waals surface area contributed by atoms with Gasteiger partial charge in [0.25, 0.3) is 0 Å². The summed E-state index contributed by atoms with van der Waals surface area (Å²) in [4.78, 5) is 16.7. The Kier molecular flexibility index (Phi) is 7.44. The number of carbonyl (C=O) groups excluding carboxylic acids is 1. The molecule has 0 spiro atoms. The van der Waals surface area contributed by atoms with Crippen LogP contribution in [-0.2, 0) is 4.79 Å². The molecule has 3 aromatic rings. The van der Waals surface area contributed by atoms with Gasteiger partial charge in [0.1, 0.15) is 11.8 Å². The number of hydrogen-bond donors (Lipinski definition) is 0. The largest absolute Gasteiger partial charge is 0.497 e. The van der Waals surface area contributed by atoms with Gasteiger partial charge in [0, 0.05) is 31.2 Å². The normalized spacial score (nSPS) is 15.1. The Hall–Kier alpha value is -3.13. The van der Waals surface area contributed by atoms with Crippen molar-refractivity contribution in [1.82, 2.24) is 30.0 Å². The number of hydrogen-bond acceptors (Lipinski definition) is 8. The Balaban J connectivity index is 1.31. The lowest BCUT2D eigenvalue weighted by Crippen LogP contribution is -2.50. The van der Waals surface area contributed by atoms with Crippen molar-refractivity contribution < 1.29 is 9.53 Å². The highest BCUT2D eigenvalue weighted by Gasteiger charge is 2.27. The molecule has 0 N–H and O–H groups in total. The molecule has 1 fully saturated rings. The molecule has 33 heavy (non-hydrogen) atoms. The van der Waals surface area contributed by atoms with Gasteiger partial charge < -0.3 is 9.64 Å². The average molecular weight is 484 g/mol. The highest BCUT2D eigenvalue weighted by Crippen LogP contribution is 2.25. The first-order chi connectivity index (χ1) is 16.1. The standard InChI is InChI=1S/C22H22ClN7O2S/c1-32-19-8-2-16(3-9-19)20(14-24)28-10-12-29(13-11-28)21(31)15-33-22-25-26-27-30(22)18-6-4-17(23)5-7-18/h2-9,20H,10-13,15H2,1H3. The van der Waals surface area contributed by atoms with E-state index in [-0.39, 0.29) is 17.7 Å². The monoisotopic (exact) mass is 483 g/mol. The molecule has 170 valence electrons. The zero-order valence-electron chi connectivity index (χ0n) is 18.0. The van der Waals surface area contributed by atoms with Crippen molar-refractivity contribution in [3.05, 3.63) is 59.1 Å². The molecule has 9 nitrogen and oxygen atoms in total. The topological polar surface area (TPSA) is 100 Å². The van der Waals surface area contributed by atoms with Gasteiger partial charge >= 0.3 is 0 Å². The van der Waals surface area contributed by atoms with Gasteiger partial charge in [0.15, 0.2) is 0 Å². The molecule has 2 aromatic carbocycles. The highest BCUT2D eigenvalue weighted by atomic mass is 35.5. The minimum absolute atomic E-state index is 0.0169. The predicted octanol–water partition coefficient (Wildman–Crippen LogP) is 2.83. The van der Waals surface area contributed by atoms with E-state index in [1.807, 2.05) is 41.3 Å². The lowest BCUT2D eigenvalue weighted by molar-refractivity contribution is -0.130. The molecule has 0 aliphatic carbocycles. The fraction of sp³-hybridized carbons (Fsp3) is 0.318. The number of piperazine rings is 1. The summed E-state index contributed by atoms with van der Waals surface area (Å²) in [6.45, 7) is 2.39. The lowest BCUT2D eigenvalue weighted by Gasteiger charge is -2.37. The second-order valence-corrected chi connectivity index (χ2v) is 8.74. The number of ether oxygens (including phenoxy) is 1. The third kappa shape index (κ3) is 5.45. The van der Waals surface area contributed by atoms with E-state index in [0.717, 1.165) is 17.0 Å². The van der Waals surface area contributed by atoms with Crippen LogP contribution in [0, 0.1) is 11.3 Å². The molecule has 1 unspecified atom stereocenters. The van der Waals surface area contributed by atoms with Crippen LogP contribution in [0.3, 0.4) is 0 Å². The fourth-order valence-corrected chi connectivity index (χ4v) is 4.53. The maximum absolute atomic E-state index is 12.8. The van der Waals surface area contributed by atoms with Gasteiger partial charge in [0.05, 0.1) is 24.6 Å². The summed E-state index contributed by atoms with van der Waals surface area (Å²) < 4.78 is 6.78. The number of rotatable bonds is 7. The Morgan fingerprint density at radius 3 is 2.48 bits per heavy atom. The van der Waals surface area contributed by atoms with Crippen LogP contribution in [0.2, 0.25) is 5.02 Å². The van der Waals surface area contributed by atoms with E-state index in [2.05, 4.69) is 26.5 Å². The van der Waals surface area contributed by atoms with Gasteiger partial charge in [-0.2, -0.15) is 9.94 Å². The summed E-state index contributed by atoms with van der Waals surface area (Å²) >= 11 is 7.24. The van der Waals surface area contributed by atoms with E-state index in [9.17, 15) is 10.1 Å². The molecular formula is C22H22ClN7O2S. The Morgan fingerprint density at radius 1 is 1.15 bits per heavy atom. The SMILES string of the molecule is COc1ccc(C(C#N)N2CCN(C(=O)CSc3nnnn3-c3ccc(Cl)cc3)CC2)cc1. The third-order valence-electron chi connectivity index (χ3n) is 5.42. The number of nitriles is 1. The fourth-order valence-electron chi connectivity index (χ4n) is 3.61. The second kappa shape index (κ2) is 10.7. The lowest BCUT2D eigenvalue weighted by atomic mass is 10.1. The molecule has 0 bridgehead atoms. The first kappa shape index (κ1) is 23.0. The molecule has 1 aromatic heterocycles. The van der Waals surface area contributed by atoms with Crippen molar-refractivity contribution in [3.63, 3.8) is 0 Å². The van der Waals surface area contributed by atoms with E-state index in [1.54, 1.807) is 23.9 Å². The van der Waals surface area contributed by atoms with Crippen molar-refractivity contribution in [2.45, 2.75) is 11.2 Å². The second-order valence-electron chi connectivity index (χ2n) is 7.36. The molecule has 1 saturated heterocycles. The Bertz CT molecular complexity index is 1120. The van der Waals surface area contributed by atoms with E-state index < -0.39 is 0 Å². The number of halogens is 1.